The van der Waals surface area contributed by atoms with Crippen LogP contribution in [0.15, 0.2) is 52.3 Å². The van der Waals surface area contributed by atoms with Gasteiger partial charge in [0.2, 0.25) is 0 Å². The highest BCUT2D eigenvalue weighted by molar-refractivity contribution is 9.10. The molecule has 0 saturated carbocycles. The molecule has 0 bridgehead atoms. The van der Waals surface area contributed by atoms with E-state index in [-0.39, 0.29) is 0 Å². The SMILES string of the molecule is Brc1ccc(NC/C=C/c2cccs2)cc1. The van der Waals surface area contributed by atoms with Crippen LogP contribution in [0.2, 0.25) is 0 Å². The Morgan fingerprint density at radius 2 is 2.00 bits per heavy atom. The van der Waals surface area contributed by atoms with Crippen molar-refractivity contribution in [2.75, 3.05) is 11.9 Å². The summed E-state index contributed by atoms with van der Waals surface area (Å²) in [6.07, 6.45) is 4.27. The topological polar surface area (TPSA) is 12.0 Å². The van der Waals surface area contributed by atoms with Gasteiger partial charge in [0, 0.05) is 21.6 Å². The van der Waals surface area contributed by atoms with Crippen LogP contribution in [0.4, 0.5) is 5.69 Å². The second-order valence-electron chi connectivity index (χ2n) is 3.31. The minimum absolute atomic E-state index is 0.847. The molecule has 1 heterocycles. The maximum absolute atomic E-state index is 3.41. The summed E-state index contributed by atoms with van der Waals surface area (Å²) in [7, 11) is 0. The average Bonchev–Trinajstić information content (AvgIpc) is 2.80. The predicted molar refractivity (Wildman–Crippen MR) is 76.0 cm³/mol. The van der Waals surface area contributed by atoms with Gasteiger partial charge in [-0.3, -0.25) is 0 Å². The van der Waals surface area contributed by atoms with Crippen molar-refractivity contribution in [2.45, 2.75) is 0 Å². The normalized spacial score (nSPS) is 10.8. The molecule has 0 saturated heterocycles. The monoisotopic (exact) mass is 293 g/mol. The molecule has 82 valence electrons. The van der Waals surface area contributed by atoms with Gasteiger partial charge in [0.1, 0.15) is 0 Å². The van der Waals surface area contributed by atoms with E-state index in [4.69, 9.17) is 0 Å². The predicted octanol–water partition coefficient (Wildman–Crippen LogP) is 4.64. The van der Waals surface area contributed by atoms with Crippen LogP contribution in [0.1, 0.15) is 4.88 Å². The summed E-state index contributed by atoms with van der Waals surface area (Å²) < 4.78 is 1.10. The number of hydrogen-bond acceptors (Lipinski definition) is 2. The van der Waals surface area contributed by atoms with Gasteiger partial charge in [-0.2, -0.15) is 0 Å². The Labute approximate surface area is 108 Å². The molecule has 1 aromatic heterocycles. The molecular formula is C13H12BrNS. The van der Waals surface area contributed by atoms with Crippen LogP contribution >= 0.6 is 27.3 Å². The molecule has 0 aliphatic carbocycles. The molecule has 16 heavy (non-hydrogen) atoms. The number of anilines is 1. The highest BCUT2D eigenvalue weighted by Gasteiger charge is 1.89. The summed E-state index contributed by atoms with van der Waals surface area (Å²) >= 11 is 5.16. The third kappa shape index (κ3) is 3.51. The molecule has 0 atom stereocenters. The smallest absolute Gasteiger partial charge is 0.0343 e. The van der Waals surface area contributed by atoms with Gasteiger partial charge in [-0.15, -0.1) is 11.3 Å². The Hall–Kier alpha value is -1.06. The summed E-state index contributed by atoms with van der Waals surface area (Å²) in [6.45, 7) is 0.847. The molecule has 2 rings (SSSR count). The lowest BCUT2D eigenvalue weighted by molar-refractivity contribution is 1.34. The molecule has 1 N–H and O–H groups in total. The van der Waals surface area contributed by atoms with Crippen molar-refractivity contribution in [1.29, 1.82) is 0 Å². The van der Waals surface area contributed by atoms with E-state index in [2.05, 4.69) is 63.0 Å². The summed E-state index contributed by atoms with van der Waals surface area (Å²) in [5.74, 6) is 0. The standard InChI is InChI=1S/C13H12BrNS/c14-11-5-7-12(8-6-11)15-9-1-3-13-4-2-10-16-13/h1-8,10,15H,9H2/b3-1+. The summed E-state index contributed by atoms with van der Waals surface area (Å²) in [4.78, 5) is 1.29. The quantitative estimate of drug-likeness (QED) is 0.866. The van der Waals surface area contributed by atoms with E-state index >= 15 is 0 Å². The van der Waals surface area contributed by atoms with Crippen molar-refractivity contribution in [3.05, 3.63) is 57.2 Å². The molecule has 0 aliphatic heterocycles. The minimum Gasteiger partial charge on any atom is -0.382 e. The fourth-order valence-electron chi connectivity index (χ4n) is 1.31. The van der Waals surface area contributed by atoms with E-state index < -0.39 is 0 Å². The van der Waals surface area contributed by atoms with E-state index in [1.54, 1.807) is 11.3 Å². The van der Waals surface area contributed by atoms with Gasteiger partial charge in [-0.1, -0.05) is 28.1 Å². The lowest BCUT2D eigenvalue weighted by Crippen LogP contribution is -1.97. The Morgan fingerprint density at radius 3 is 2.69 bits per heavy atom. The summed E-state index contributed by atoms with van der Waals surface area (Å²) in [5.41, 5.74) is 1.14. The maximum Gasteiger partial charge on any atom is 0.0343 e. The first-order valence-corrected chi connectivity index (χ1v) is 6.71. The van der Waals surface area contributed by atoms with Gasteiger partial charge in [0.25, 0.3) is 0 Å². The Kier molecular flexibility index (Phi) is 4.19. The Balaban J connectivity index is 1.82. The maximum atomic E-state index is 3.41. The van der Waals surface area contributed by atoms with Gasteiger partial charge in [0.15, 0.2) is 0 Å². The lowest BCUT2D eigenvalue weighted by atomic mass is 10.3. The first-order chi connectivity index (χ1) is 7.84. The van der Waals surface area contributed by atoms with Crippen LogP contribution in [0.25, 0.3) is 6.08 Å². The lowest BCUT2D eigenvalue weighted by Gasteiger charge is -2.02. The average molecular weight is 294 g/mol. The largest absolute Gasteiger partial charge is 0.382 e. The van der Waals surface area contributed by atoms with Gasteiger partial charge >= 0.3 is 0 Å². The zero-order valence-electron chi connectivity index (χ0n) is 8.69. The van der Waals surface area contributed by atoms with Crippen molar-refractivity contribution in [2.24, 2.45) is 0 Å². The fourth-order valence-corrected chi connectivity index (χ4v) is 2.22. The molecule has 0 amide bonds. The Bertz CT molecular complexity index is 445. The van der Waals surface area contributed by atoms with Crippen molar-refractivity contribution in [1.82, 2.24) is 0 Å². The molecular weight excluding hydrogens is 282 g/mol. The number of hydrogen-bond donors (Lipinski definition) is 1. The first kappa shape index (κ1) is 11.4. The Morgan fingerprint density at radius 1 is 1.19 bits per heavy atom. The van der Waals surface area contributed by atoms with Crippen LogP contribution in [-0.4, -0.2) is 6.54 Å². The van der Waals surface area contributed by atoms with Crippen molar-refractivity contribution < 1.29 is 0 Å². The van der Waals surface area contributed by atoms with Crippen molar-refractivity contribution >= 4 is 39.0 Å². The van der Waals surface area contributed by atoms with Gasteiger partial charge in [0.05, 0.1) is 0 Å². The van der Waals surface area contributed by atoms with Crippen LogP contribution < -0.4 is 5.32 Å². The minimum atomic E-state index is 0.847. The van der Waals surface area contributed by atoms with Crippen LogP contribution in [0.3, 0.4) is 0 Å². The zero-order chi connectivity index (χ0) is 11.2. The second-order valence-corrected chi connectivity index (χ2v) is 5.20. The highest BCUT2D eigenvalue weighted by atomic mass is 79.9. The molecule has 0 spiro atoms. The second kappa shape index (κ2) is 5.87. The van der Waals surface area contributed by atoms with Gasteiger partial charge in [-0.05, 0) is 41.8 Å². The molecule has 1 aromatic carbocycles. The number of benzene rings is 1. The number of thiophene rings is 1. The molecule has 0 unspecified atom stereocenters. The number of halogens is 1. The van der Waals surface area contributed by atoms with Crippen molar-refractivity contribution in [3.8, 4) is 0 Å². The fraction of sp³-hybridized carbons (Fsp3) is 0.0769. The highest BCUT2D eigenvalue weighted by Crippen LogP contribution is 2.14. The third-order valence-electron chi connectivity index (χ3n) is 2.09. The molecule has 0 radical (unpaired) electrons. The zero-order valence-corrected chi connectivity index (χ0v) is 11.1. The third-order valence-corrected chi connectivity index (χ3v) is 3.46. The van der Waals surface area contributed by atoms with E-state index in [0.717, 1.165) is 16.7 Å². The summed E-state index contributed by atoms with van der Waals surface area (Å²) in [6, 6.07) is 12.4. The molecule has 3 heteroatoms. The van der Waals surface area contributed by atoms with Gasteiger partial charge < -0.3 is 5.32 Å². The van der Waals surface area contributed by atoms with Crippen molar-refractivity contribution in [3.63, 3.8) is 0 Å². The summed E-state index contributed by atoms with van der Waals surface area (Å²) in [5, 5.41) is 5.42. The first-order valence-electron chi connectivity index (χ1n) is 5.04. The molecule has 1 nitrogen and oxygen atoms in total. The van der Waals surface area contributed by atoms with E-state index in [1.165, 1.54) is 4.88 Å². The van der Waals surface area contributed by atoms with E-state index in [1.807, 2.05) is 12.1 Å². The van der Waals surface area contributed by atoms with Crippen LogP contribution in [-0.2, 0) is 0 Å². The molecule has 2 aromatic rings. The van der Waals surface area contributed by atoms with E-state index in [0.29, 0.717) is 0 Å². The van der Waals surface area contributed by atoms with Crippen LogP contribution in [0, 0.1) is 0 Å². The van der Waals surface area contributed by atoms with E-state index in [9.17, 15) is 0 Å². The number of nitrogens with one attached hydrogen (secondary N) is 1. The molecule has 0 aliphatic rings. The molecule has 0 fully saturated rings. The van der Waals surface area contributed by atoms with Crippen LogP contribution in [0.5, 0.6) is 0 Å². The number of rotatable bonds is 4. The van der Waals surface area contributed by atoms with Gasteiger partial charge in [-0.25, -0.2) is 0 Å².